The lowest BCUT2D eigenvalue weighted by Crippen LogP contribution is -2.08. The molecule has 4 rings (SSSR count). The molecule has 0 saturated heterocycles. The number of benzene rings is 3. The van der Waals surface area contributed by atoms with Crippen molar-refractivity contribution in [2.75, 3.05) is 0 Å². The van der Waals surface area contributed by atoms with E-state index in [0.29, 0.717) is 0 Å². The van der Waals surface area contributed by atoms with Crippen LogP contribution in [0.4, 0.5) is 0 Å². The Morgan fingerprint density at radius 1 is 0.821 bits per heavy atom. The number of rotatable bonds is 7. The molecule has 0 aliphatic carbocycles. The van der Waals surface area contributed by atoms with E-state index in [2.05, 4.69) is 54.8 Å². The first kappa shape index (κ1) is 18.5. The van der Waals surface area contributed by atoms with Crippen LogP contribution >= 0.6 is 0 Å². The Morgan fingerprint density at radius 3 is 2.32 bits per heavy atom. The number of ketones is 1. The topological polar surface area (TPSA) is 22.0 Å². The minimum absolute atomic E-state index is 0.138. The van der Waals surface area contributed by atoms with Crippen LogP contribution in [-0.4, -0.2) is 10.4 Å². The third kappa shape index (κ3) is 3.13. The van der Waals surface area contributed by atoms with E-state index in [1.807, 2.05) is 30.3 Å². The first-order valence-corrected chi connectivity index (χ1v) is 10.4. The zero-order chi connectivity index (χ0) is 19.5. The molecule has 0 bridgehead atoms. The van der Waals surface area contributed by atoms with Gasteiger partial charge in [0, 0.05) is 28.7 Å². The molecule has 2 nitrogen and oxygen atoms in total. The number of hydrogen-bond donors (Lipinski definition) is 0. The third-order valence-electron chi connectivity index (χ3n) is 5.66. The number of carbonyl (C=O) groups excluding carboxylic acids is 1. The fourth-order valence-corrected chi connectivity index (χ4v) is 4.31. The molecule has 0 aliphatic heterocycles. The second kappa shape index (κ2) is 8.02. The van der Waals surface area contributed by atoms with Crippen LogP contribution in [0.15, 0.2) is 66.7 Å². The van der Waals surface area contributed by atoms with E-state index in [-0.39, 0.29) is 5.78 Å². The van der Waals surface area contributed by atoms with Gasteiger partial charge in [0.1, 0.15) is 0 Å². The molecule has 28 heavy (non-hydrogen) atoms. The summed E-state index contributed by atoms with van der Waals surface area (Å²) in [6.07, 6.45) is 4.40. The van der Waals surface area contributed by atoms with Crippen molar-refractivity contribution in [3.8, 4) is 0 Å². The van der Waals surface area contributed by atoms with Crippen LogP contribution in [0.1, 0.15) is 54.7 Å². The van der Waals surface area contributed by atoms with E-state index in [4.69, 9.17) is 0 Å². The number of unbranched alkanes of at least 4 members (excludes halogenated alkanes) is 2. The smallest absolute Gasteiger partial charge is 0.196 e. The van der Waals surface area contributed by atoms with E-state index in [1.54, 1.807) is 0 Å². The molecule has 0 aliphatic rings. The molecule has 1 aromatic heterocycles. The molecule has 2 heteroatoms. The van der Waals surface area contributed by atoms with Crippen molar-refractivity contribution in [3.63, 3.8) is 0 Å². The highest BCUT2D eigenvalue weighted by Crippen LogP contribution is 2.31. The van der Waals surface area contributed by atoms with E-state index >= 15 is 0 Å². The molecular formula is C26H27NO. The highest BCUT2D eigenvalue weighted by Gasteiger charge is 2.23. The molecule has 0 N–H and O–H groups in total. The van der Waals surface area contributed by atoms with Crippen molar-refractivity contribution in [1.82, 2.24) is 4.57 Å². The molecular weight excluding hydrogens is 342 g/mol. The van der Waals surface area contributed by atoms with E-state index in [1.165, 1.54) is 18.4 Å². The number of nitrogens with zero attached hydrogens (tertiary/aromatic N) is 1. The maximum atomic E-state index is 13.8. The van der Waals surface area contributed by atoms with Crippen molar-refractivity contribution in [2.45, 2.75) is 46.1 Å². The van der Waals surface area contributed by atoms with E-state index < -0.39 is 0 Å². The Balaban J connectivity index is 1.91. The Morgan fingerprint density at radius 2 is 1.54 bits per heavy atom. The van der Waals surface area contributed by atoms with E-state index in [0.717, 1.165) is 52.4 Å². The molecule has 0 saturated carbocycles. The first-order chi connectivity index (χ1) is 13.8. The predicted octanol–water partition coefficient (Wildman–Crippen LogP) is 6.78. The van der Waals surface area contributed by atoms with Crippen LogP contribution in [0.5, 0.6) is 0 Å². The summed E-state index contributed by atoms with van der Waals surface area (Å²) in [5.41, 5.74) is 4.02. The van der Waals surface area contributed by atoms with Crippen molar-refractivity contribution in [3.05, 3.63) is 83.6 Å². The maximum Gasteiger partial charge on any atom is 0.196 e. The van der Waals surface area contributed by atoms with Gasteiger partial charge in [0.25, 0.3) is 0 Å². The van der Waals surface area contributed by atoms with Gasteiger partial charge in [-0.3, -0.25) is 4.79 Å². The minimum atomic E-state index is 0.138. The predicted molar refractivity (Wildman–Crippen MR) is 118 cm³/mol. The lowest BCUT2D eigenvalue weighted by atomic mass is 9.95. The average molecular weight is 370 g/mol. The Kier molecular flexibility index (Phi) is 5.29. The van der Waals surface area contributed by atoms with Gasteiger partial charge < -0.3 is 4.57 Å². The molecule has 0 radical (unpaired) electrons. The minimum Gasteiger partial charge on any atom is -0.344 e. The molecule has 4 aromatic rings. The highest BCUT2D eigenvalue weighted by molar-refractivity contribution is 6.22. The zero-order valence-corrected chi connectivity index (χ0v) is 16.7. The van der Waals surface area contributed by atoms with Crippen LogP contribution in [0.3, 0.4) is 0 Å². The summed E-state index contributed by atoms with van der Waals surface area (Å²) in [6, 6.07) is 22.5. The van der Waals surface area contributed by atoms with Crippen LogP contribution in [0.2, 0.25) is 0 Å². The molecule has 0 amide bonds. The summed E-state index contributed by atoms with van der Waals surface area (Å²) in [5, 5.41) is 3.21. The monoisotopic (exact) mass is 369 g/mol. The standard InChI is InChI=1S/C26H27NO/c1-3-5-10-18-27-23(4-2)25(22-15-8-9-17-24(22)27)26(28)21-16-11-13-19-12-6-7-14-20(19)21/h6-9,11-17H,3-5,10,18H2,1-2H3. The lowest BCUT2D eigenvalue weighted by Gasteiger charge is -2.11. The summed E-state index contributed by atoms with van der Waals surface area (Å²) < 4.78 is 2.38. The van der Waals surface area contributed by atoms with Crippen molar-refractivity contribution >= 4 is 27.5 Å². The van der Waals surface area contributed by atoms with Gasteiger partial charge in [0.15, 0.2) is 5.78 Å². The van der Waals surface area contributed by atoms with Gasteiger partial charge in [-0.05, 0) is 29.7 Å². The van der Waals surface area contributed by atoms with Crippen LogP contribution in [0, 0.1) is 0 Å². The lowest BCUT2D eigenvalue weighted by molar-refractivity contribution is 0.104. The van der Waals surface area contributed by atoms with Gasteiger partial charge in [0.2, 0.25) is 0 Å². The largest absolute Gasteiger partial charge is 0.344 e. The second-order valence-electron chi connectivity index (χ2n) is 7.41. The van der Waals surface area contributed by atoms with Gasteiger partial charge in [-0.25, -0.2) is 0 Å². The normalized spacial score (nSPS) is 11.4. The summed E-state index contributed by atoms with van der Waals surface area (Å²) in [7, 11) is 0. The van der Waals surface area contributed by atoms with Crippen LogP contribution in [0.25, 0.3) is 21.7 Å². The molecule has 0 spiro atoms. The first-order valence-electron chi connectivity index (χ1n) is 10.4. The Labute approximate surface area is 166 Å². The molecule has 0 atom stereocenters. The molecule has 3 aromatic carbocycles. The van der Waals surface area contributed by atoms with Gasteiger partial charge in [-0.1, -0.05) is 87.4 Å². The quantitative estimate of drug-likeness (QED) is 0.260. The van der Waals surface area contributed by atoms with Crippen LogP contribution in [-0.2, 0) is 13.0 Å². The van der Waals surface area contributed by atoms with Gasteiger partial charge in [0.05, 0.1) is 5.56 Å². The molecule has 1 heterocycles. The van der Waals surface area contributed by atoms with Gasteiger partial charge >= 0.3 is 0 Å². The number of hydrogen-bond acceptors (Lipinski definition) is 1. The highest BCUT2D eigenvalue weighted by atomic mass is 16.1. The number of aryl methyl sites for hydroxylation is 1. The zero-order valence-electron chi connectivity index (χ0n) is 16.7. The summed E-state index contributed by atoms with van der Waals surface area (Å²) in [5.74, 6) is 0.138. The summed E-state index contributed by atoms with van der Waals surface area (Å²) in [6.45, 7) is 5.36. The summed E-state index contributed by atoms with van der Waals surface area (Å²) >= 11 is 0. The number of aromatic nitrogens is 1. The number of fused-ring (bicyclic) bond motifs is 2. The fraction of sp³-hybridized carbons (Fsp3) is 0.269. The van der Waals surface area contributed by atoms with Crippen molar-refractivity contribution in [1.29, 1.82) is 0 Å². The molecule has 0 unspecified atom stereocenters. The Hall–Kier alpha value is -2.87. The van der Waals surface area contributed by atoms with Crippen LogP contribution < -0.4 is 0 Å². The van der Waals surface area contributed by atoms with Crippen molar-refractivity contribution in [2.24, 2.45) is 0 Å². The number of carbonyl (C=O) groups is 1. The molecule has 142 valence electrons. The third-order valence-corrected chi connectivity index (χ3v) is 5.66. The fourth-order valence-electron chi connectivity index (χ4n) is 4.31. The Bertz CT molecular complexity index is 1130. The van der Waals surface area contributed by atoms with Gasteiger partial charge in [-0.2, -0.15) is 0 Å². The number of para-hydroxylation sites is 1. The SMILES string of the molecule is CCCCCn1c(CC)c(C(=O)c2cccc3ccccc23)c2ccccc21. The average Bonchev–Trinajstić information content (AvgIpc) is 3.06. The van der Waals surface area contributed by atoms with Crippen molar-refractivity contribution < 1.29 is 4.79 Å². The van der Waals surface area contributed by atoms with Gasteiger partial charge in [-0.15, -0.1) is 0 Å². The molecule has 0 fully saturated rings. The maximum absolute atomic E-state index is 13.8. The van der Waals surface area contributed by atoms with E-state index in [9.17, 15) is 4.79 Å². The summed E-state index contributed by atoms with van der Waals surface area (Å²) in [4.78, 5) is 13.8. The second-order valence-corrected chi connectivity index (χ2v) is 7.41.